The SMILES string of the molecule is CCS(=O)(=O)N(C)[C@@H]1c2cc([N+](=O)[O-])ccc2OCC[C@H]1O. The van der Waals surface area contributed by atoms with Gasteiger partial charge in [-0.05, 0) is 13.0 Å². The minimum Gasteiger partial charge on any atom is -0.493 e. The molecule has 0 amide bonds. The molecule has 2 atom stereocenters. The first-order chi connectivity index (χ1) is 10.3. The van der Waals surface area contributed by atoms with Gasteiger partial charge in [-0.1, -0.05) is 0 Å². The van der Waals surface area contributed by atoms with E-state index in [2.05, 4.69) is 0 Å². The number of nitro groups is 1. The Labute approximate surface area is 128 Å². The van der Waals surface area contributed by atoms with Crippen molar-refractivity contribution < 1.29 is 23.2 Å². The minimum atomic E-state index is -3.57. The van der Waals surface area contributed by atoms with Crippen molar-refractivity contribution in [2.45, 2.75) is 25.5 Å². The molecule has 0 fully saturated rings. The van der Waals surface area contributed by atoms with Crippen molar-refractivity contribution >= 4 is 15.7 Å². The van der Waals surface area contributed by atoms with Gasteiger partial charge in [-0.15, -0.1) is 0 Å². The van der Waals surface area contributed by atoms with Gasteiger partial charge in [-0.3, -0.25) is 10.1 Å². The quantitative estimate of drug-likeness (QED) is 0.653. The van der Waals surface area contributed by atoms with E-state index in [-0.39, 0.29) is 24.5 Å². The van der Waals surface area contributed by atoms with Gasteiger partial charge in [0.25, 0.3) is 5.69 Å². The summed E-state index contributed by atoms with van der Waals surface area (Å²) >= 11 is 0. The number of rotatable bonds is 4. The summed E-state index contributed by atoms with van der Waals surface area (Å²) in [6.45, 7) is 1.71. The maximum atomic E-state index is 12.1. The van der Waals surface area contributed by atoms with E-state index in [1.54, 1.807) is 0 Å². The Balaban J connectivity index is 2.57. The van der Waals surface area contributed by atoms with E-state index in [1.165, 1.54) is 32.2 Å². The maximum Gasteiger partial charge on any atom is 0.270 e. The molecule has 1 aliphatic rings. The Morgan fingerprint density at radius 2 is 2.18 bits per heavy atom. The zero-order valence-corrected chi connectivity index (χ0v) is 13.1. The molecule has 122 valence electrons. The number of non-ortho nitro benzene ring substituents is 1. The molecule has 1 aromatic rings. The van der Waals surface area contributed by atoms with Crippen LogP contribution in [0.25, 0.3) is 0 Å². The Morgan fingerprint density at radius 3 is 2.77 bits per heavy atom. The third-order valence-electron chi connectivity index (χ3n) is 3.75. The highest BCUT2D eigenvalue weighted by Gasteiger charge is 2.36. The van der Waals surface area contributed by atoms with Gasteiger partial charge in [0.2, 0.25) is 10.0 Å². The number of likely N-dealkylation sites (N-methyl/N-ethyl adjacent to an activating group) is 1. The van der Waals surface area contributed by atoms with Gasteiger partial charge < -0.3 is 9.84 Å². The fourth-order valence-corrected chi connectivity index (χ4v) is 3.49. The number of ether oxygens (including phenoxy) is 1. The van der Waals surface area contributed by atoms with Crippen molar-refractivity contribution in [1.29, 1.82) is 0 Å². The highest BCUT2D eigenvalue weighted by molar-refractivity contribution is 7.89. The molecule has 0 spiro atoms. The Hall–Kier alpha value is -1.71. The van der Waals surface area contributed by atoms with E-state index in [9.17, 15) is 23.6 Å². The summed E-state index contributed by atoms with van der Waals surface area (Å²) in [6.07, 6.45) is -0.772. The highest BCUT2D eigenvalue weighted by Crippen LogP contribution is 2.38. The number of benzene rings is 1. The topological polar surface area (TPSA) is 110 Å². The van der Waals surface area contributed by atoms with Crippen LogP contribution in [0, 0.1) is 10.1 Å². The second-order valence-electron chi connectivity index (χ2n) is 5.05. The van der Waals surface area contributed by atoms with Crippen molar-refractivity contribution in [3.63, 3.8) is 0 Å². The molecule has 1 heterocycles. The van der Waals surface area contributed by atoms with Crippen LogP contribution in [0.5, 0.6) is 5.75 Å². The summed E-state index contributed by atoms with van der Waals surface area (Å²) in [5, 5.41) is 21.3. The van der Waals surface area contributed by atoms with Crippen molar-refractivity contribution in [3.8, 4) is 5.75 Å². The van der Waals surface area contributed by atoms with Gasteiger partial charge in [-0.25, -0.2) is 8.42 Å². The molecular formula is C13H18N2O6S. The van der Waals surface area contributed by atoms with Crippen LogP contribution in [0.1, 0.15) is 24.9 Å². The van der Waals surface area contributed by atoms with Crippen LogP contribution in [0.4, 0.5) is 5.69 Å². The van der Waals surface area contributed by atoms with Gasteiger partial charge >= 0.3 is 0 Å². The molecule has 0 radical (unpaired) electrons. The predicted octanol–water partition coefficient (Wildman–Crippen LogP) is 1.06. The number of sulfonamides is 1. The molecule has 1 aliphatic heterocycles. The van der Waals surface area contributed by atoms with Gasteiger partial charge in [0.1, 0.15) is 5.75 Å². The van der Waals surface area contributed by atoms with Crippen LogP contribution in [0.15, 0.2) is 18.2 Å². The number of aliphatic hydroxyl groups excluding tert-OH is 1. The first kappa shape index (κ1) is 16.7. The molecule has 0 aromatic heterocycles. The fourth-order valence-electron chi connectivity index (χ4n) is 2.48. The number of aliphatic hydroxyl groups is 1. The van der Waals surface area contributed by atoms with E-state index >= 15 is 0 Å². The van der Waals surface area contributed by atoms with Crippen LogP contribution < -0.4 is 4.74 Å². The highest BCUT2D eigenvalue weighted by atomic mass is 32.2. The number of nitrogens with zero attached hydrogens (tertiary/aromatic N) is 2. The lowest BCUT2D eigenvalue weighted by atomic mass is 9.99. The van der Waals surface area contributed by atoms with E-state index in [4.69, 9.17) is 4.74 Å². The summed E-state index contributed by atoms with van der Waals surface area (Å²) in [6, 6.07) is 3.07. The third kappa shape index (κ3) is 3.06. The lowest BCUT2D eigenvalue weighted by molar-refractivity contribution is -0.385. The molecule has 2 rings (SSSR count). The van der Waals surface area contributed by atoms with Crippen molar-refractivity contribution in [3.05, 3.63) is 33.9 Å². The molecule has 0 aliphatic carbocycles. The van der Waals surface area contributed by atoms with Crippen LogP contribution in [-0.2, 0) is 10.0 Å². The lowest BCUT2D eigenvalue weighted by Gasteiger charge is -2.30. The molecule has 22 heavy (non-hydrogen) atoms. The normalized spacial score (nSPS) is 21.8. The van der Waals surface area contributed by atoms with Gasteiger partial charge in [0, 0.05) is 31.2 Å². The number of fused-ring (bicyclic) bond motifs is 1. The average molecular weight is 330 g/mol. The molecule has 0 unspecified atom stereocenters. The van der Waals surface area contributed by atoms with Crippen molar-refractivity contribution in [1.82, 2.24) is 4.31 Å². The van der Waals surface area contributed by atoms with Crippen molar-refractivity contribution in [2.75, 3.05) is 19.4 Å². The van der Waals surface area contributed by atoms with Crippen LogP contribution >= 0.6 is 0 Å². The number of hydrogen-bond donors (Lipinski definition) is 1. The zero-order valence-electron chi connectivity index (χ0n) is 12.3. The Kier molecular flexibility index (Phi) is 4.69. The smallest absolute Gasteiger partial charge is 0.270 e. The number of nitro benzene ring substituents is 1. The average Bonchev–Trinajstić information content (AvgIpc) is 2.63. The van der Waals surface area contributed by atoms with Gasteiger partial charge in [0.05, 0.1) is 29.4 Å². The summed E-state index contributed by atoms with van der Waals surface area (Å²) in [7, 11) is -2.21. The second-order valence-corrected chi connectivity index (χ2v) is 7.36. The first-order valence-electron chi connectivity index (χ1n) is 6.83. The van der Waals surface area contributed by atoms with E-state index in [1.807, 2.05) is 0 Å². The molecule has 8 nitrogen and oxygen atoms in total. The Bertz CT molecular complexity index is 675. The standard InChI is InChI=1S/C13H18N2O6S/c1-3-22(19,20)14(2)13-10-8-9(15(17)18)4-5-12(10)21-7-6-11(13)16/h4-5,8,11,13,16H,3,6-7H2,1-2H3/t11-,13-/m1/s1. The van der Waals surface area contributed by atoms with Crippen LogP contribution in [0.2, 0.25) is 0 Å². The van der Waals surface area contributed by atoms with Crippen LogP contribution in [0.3, 0.4) is 0 Å². The van der Waals surface area contributed by atoms with Crippen molar-refractivity contribution in [2.24, 2.45) is 0 Å². The minimum absolute atomic E-state index is 0.127. The summed E-state index contributed by atoms with van der Waals surface area (Å²) < 4.78 is 30.8. The Morgan fingerprint density at radius 1 is 1.50 bits per heavy atom. The fraction of sp³-hybridized carbons (Fsp3) is 0.538. The van der Waals surface area contributed by atoms with Gasteiger partial charge in [0.15, 0.2) is 0 Å². The first-order valence-corrected chi connectivity index (χ1v) is 8.43. The molecular weight excluding hydrogens is 312 g/mol. The summed E-state index contributed by atoms with van der Waals surface area (Å²) in [5.41, 5.74) is 0.127. The molecule has 0 bridgehead atoms. The molecule has 0 saturated heterocycles. The summed E-state index contributed by atoms with van der Waals surface area (Å²) in [5.74, 6) is 0.225. The predicted molar refractivity (Wildman–Crippen MR) is 79.2 cm³/mol. The largest absolute Gasteiger partial charge is 0.493 e. The molecule has 0 saturated carbocycles. The second kappa shape index (κ2) is 6.19. The van der Waals surface area contributed by atoms with E-state index in [0.29, 0.717) is 11.3 Å². The lowest BCUT2D eigenvalue weighted by Crippen LogP contribution is -2.38. The van der Waals surface area contributed by atoms with Crippen LogP contribution in [-0.4, -0.2) is 48.3 Å². The van der Waals surface area contributed by atoms with E-state index in [0.717, 1.165) is 4.31 Å². The molecule has 1 N–H and O–H groups in total. The van der Waals surface area contributed by atoms with E-state index < -0.39 is 27.1 Å². The maximum absolute atomic E-state index is 12.1. The molecule has 1 aromatic carbocycles. The third-order valence-corrected chi connectivity index (χ3v) is 5.59. The zero-order chi connectivity index (χ0) is 16.5. The van der Waals surface area contributed by atoms with Gasteiger partial charge in [-0.2, -0.15) is 4.31 Å². The summed E-state index contributed by atoms with van der Waals surface area (Å²) in [4.78, 5) is 10.4. The monoisotopic (exact) mass is 330 g/mol. The molecule has 9 heteroatoms. The number of hydrogen-bond acceptors (Lipinski definition) is 6.